The monoisotopic (exact) mass is 2070 g/mol. The lowest BCUT2D eigenvalue weighted by molar-refractivity contribution is -0.197. The van der Waals surface area contributed by atoms with Gasteiger partial charge in [0.1, 0.15) is 59.9 Å². The standard InChI is InChI=1S/C46H63ClN4O16S3.C42H62ClN5O13S3.H4N2/c1-25-12-11-13-33(63-10)46(59)24-31(64-43(58)48-46)27(3)40-45(7,66-40)34(23-38(55)50(9)30-22-29(20-25)21-26(2)39(30)47)65-41(56)28(4)49(8)35(52)16-18-44(5,6)69-68-19-17-32(70(60,61)62)42(57)67-51-36(53)14-15-37(51)54;1-23-12-11-13-31(58-10)42(54)22-29(59-39(53)45-42)25(3)36-41(7,61-36)32(21-34(50)48(9)28-20-27(18-23)19-24(2)35(28)43)60-38(52)26(4)47(8)33(49)14-16-40(5,6)63-62-17-15-30(37(51)46-44)64(55,56)57;1-2/h11-13,21-22,27-28,31-34,40,59H,14-20,23-24H2,1-10H3,(H,48,58)(H,60,61,62);11-13,19-20,25-26,29-32,36,54H,14-18,21-22,44H2,1-10H3,(H,45,53)(H,46,51)(H,55,56,57);1-2H2/b13-11+,25-12+;13-11+,23-12+;/t27?,28-,31?,32?,33?,34?,40+,45+,46?;25?,26-,29?,30?,31?,32?,36+,41+,42?;/m00./s1. The summed E-state index contributed by atoms with van der Waals surface area (Å²) in [6.45, 7) is 24.8. The average molecular weight is 2070 g/mol. The summed E-state index contributed by atoms with van der Waals surface area (Å²) in [5.74, 6) is 4.65. The van der Waals surface area contributed by atoms with Gasteiger partial charge in [-0.15, -0.1) is 5.06 Å². The fourth-order valence-corrected chi connectivity index (χ4v) is 23.7. The van der Waals surface area contributed by atoms with E-state index in [-0.39, 0.29) is 86.7 Å². The summed E-state index contributed by atoms with van der Waals surface area (Å²) < 4.78 is 113. The Hall–Kier alpha value is -7.72. The number of epoxide rings is 2. The normalized spacial score (nSPS) is 28.4. The highest BCUT2D eigenvalue weighted by Crippen LogP contribution is 2.52. The maximum atomic E-state index is 14.3. The van der Waals surface area contributed by atoms with Crippen LogP contribution in [0.25, 0.3) is 0 Å². The molecule has 13 N–H and O–H groups in total. The van der Waals surface area contributed by atoms with E-state index in [2.05, 4.69) is 22.3 Å². The number of aryl methyl sites for hydroxylation is 2. The molecule has 5 fully saturated rings. The van der Waals surface area contributed by atoms with Crippen LogP contribution in [0, 0.1) is 25.7 Å². The Balaban J connectivity index is 0.000000366. The molecule has 136 heavy (non-hydrogen) atoms. The Kier molecular flexibility index (Phi) is 40.8. The predicted molar refractivity (Wildman–Crippen MR) is 513 cm³/mol. The quantitative estimate of drug-likeness (QED) is 0.00350. The number of imide groups is 1. The third kappa shape index (κ3) is 29.9. The highest BCUT2D eigenvalue weighted by Gasteiger charge is 2.67. The van der Waals surface area contributed by atoms with E-state index in [0.717, 1.165) is 44.2 Å². The smallest absolute Gasteiger partial charge is 0.409 e. The van der Waals surface area contributed by atoms with Crippen molar-refractivity contribution in [3.63, 3.8) is 0 Å². The van der Waals surface area contributed by atoms with Crippen LogP contribution < -0.4 is 43.4 Å². The number of nitrogens with one attached hydrogen (secondary N) is 3. The lowest BCUT2D eigenvalue weighted by atomic mass is 9.83. The van der Waals surface area contributed by atoms with E-state index in [4.69, 9.17) is 71.8 Å². The van der Waals surface area contributed by atoms with E-state index in [0.29, 0.717) is 40.7 Å². The Morgan fingerprint density at radius 1 is 0.610 bits per heavy atom. The van der Waals surface area contributed by atoms with Crippen LogP contribution in [0.4, 0.5) is 21.0 Å². The van der Waals surface area contributed by atoms with Crippen molar-refractivity contribution in [3.05, 3.63) is 104 Å². The number of likely N-dealkylation sites (N-methyl/N-ethyl adjacent to an activating group) is 2. The molecule has 5 saturated heterocycles. The number of hydroxylamine groups is 2. The minimum atomic E-state index is -4.96. The number of amides is 9. The summed E-state index contributed by atoms with van der Waals surface area (Å²) in [5.41, 5.74) is 1.38. The van der Waals surface area contributed by atoms with Gasteiger partial charge in [-0.25, -0.2) is 29.8 Å². The minimum absolute atomic E-state index is 0.0153. The molecule has 18 atom stereocenters. The molecule has 48 heteroatoms. The van der Waals surface area contributed by atoms with Crippen molar-refractivity contribution in [1.29, 1.82) is 0 Å². The van der Waals surface area contributed by atoms with Crippen LogP contribution in [0.1, 0.15) is 182 Å². The van der Waals surface area contributed by atoms with Gasteiger partial charge >= 0.3 is 30.1 Å². The number of ether oxygens (including phenoxy) is 8. The maximum absolute atomic E-state index is 14.3. The molecule has 0 aliphatic carbocycles. The number of halogens is 2. The molecule has 7 heterocycles. The van der Waals surface area contributed by atoms with Gasteiger partial charge in [0.15, 0.2) is 21.9 Å². The van der Waals surface area contributed by atoms with E-state index < -0.39 is 208 Å². The van der Waals surface area contributed by atoms with Gasteiger partial charge in [-0.3, -0.25) is 70.4 Å². The highest BCUT2D eigenvalue weighted by atomic mass is 35.5. The maximum Gasteiger partial charge on any atom is 0.409 e. The van der Waals surface area contributed by atoms with Gasteiger partial charge in [0.05, 0.1) is 46.5 Å². The number of carbonyl (C=O) groups excluding carboxylic acids is 12. The zero-order valence-electron chi connectivity index (χ0n) is 79.8. The number of nitrogens with zero attached hydrogens (tertiary/aromatic N) is 5. The van der Waals surface area contributed by atoms with Crippen LogP contribution in [0.15, 0.2) is 71.9 Å². The molecule has 9 amide bonds. The molecular weight excluding hydrogens is 1940 g/mol. The second-order valence-electron chi connectivity index (χ2n) is 36.5. The summed E-state index contributed by atoms with van der Waals surface area (Å²) in [6.07, 6.45) is 0.813. The number of hydrogen-bond donors (Lipinski definition) is 10. The Morgan fingerprint density at radius 2 is 0.971 bits per heavy atom. The van der Waals surface area contributed by atoms with Gasteiger partial charge in [0.2, 0.25) is 23.6 Å². The molecule has 0 radical (unpaired) electrons. The minimum Gasteiger partial charge on any atom is -0.457 e. The molecule has 9 rings (SSSR count). The number of hydrazine groups is 2. The molecule has 760 valence electrons. The number of allylic oxidation sites excluding steroid dienone is 6. The van der Waals surface area contributed by atoms with Crippen molar-refractivity contribution >= 4 is 169 Å². The first-order valence-electron chi connectivity index (χ1n) is 43.7. The average Bonchev–Trinajstić information content (AvgIpc) is 1.57. The fourth-order valence-electron chi connectivity index (χ4n) is 16.2. The summed E-state index contributed by atoms with van der Waals surface area (Å²) in [7, 11) is 4.34. The predicted octanol–water partition coefficient (Wildman–Crippen LogP) is 8.22. The topological polar surface area (TPSA) is 574 Å². The third-order valence-electron chi connectivity index (χ3n) is 25.0. The number of alkyl carbamates (subject to hydrolysis) is 2. The van der Waals surface area contributed by atoms with Crippen LogP contribution in [0.3, 0.4) is 0 Å². The highest BCUT2D eigenvalue weighted by molar-refractivity contribution is 8.77. The van der Waals surface area contributed by atoms with Crippen molar-refractivity contribution in [3.8, 4) is 0 Å². The van der Waals surface area contributed by atoms with E-state index in [1.165, 1.54) is 94.1 Å². The number of anilines is 2. The summed E-state index contributed by atoms with van der Waals surface area (Å²) in [5, 5.41) is 25.8. The lowest BCUT2D eigenvalue weighted by Gasteiger charge is -2.42. The van der Waals surface area contributed by atoms with E-state index >= 15 is 0 Å². The number of carbonyl (C=O) groups is 12. The molecule has 0 spiro atoms. The van der Waals surface area contributed by atoms with Crippen LogP contribution in [-0.2, 0) is 124 Å². The molecule has 0 aromatic heterocycles. The summed E-state index contributed by atoms with van der Waals surface area (Å²) >= 11 is 13.6. The number of nitrogens with two attached hydrogens (primary N) is 3. The number of rotatable bonds is 29. The van der Waals surface area contributed by atoms with Crippen LogP contribution in [-0.4, -0.2) is 280 Å². The number of fused-ring (bicyclic) bond motifs is 10. The number of aliphatic hydroxyl groups is 2. The Morgan fingerprint density at radius 3 is 1.32 bits per heavy atom. The summed E-state index contributed by atoms with van der Waals surface area (Å²) in [4.78, 5) is 168. The lowest BCUT2D eigenvalue weighted by Crippen LogP contribution is -2.63. The number of methoxy groups -OCH3 is 2. The molecule has 12 unspecified atom stereocenters. The van der Waals surface area contributed by atoms with E-state index in [9.17, 15) is 93.7 Å². The van der Waals surface area contributed by atoms with Gasteiger partial charge in [-0.05, 0) is 156 Å². The Labute approximate surface area is 819 Å². The van der Waals surface area contributed by atoms with Crippen LogP contribution in [0.2, 0.25) is 10.0 Å². The number of benzene rings is 2. The van der Waals surface area contributed by atoms with Gasteiger partial charge in [0.25, 0.3) is 38.0 Å². The van der Waals surface area contributed by atoms with E-state index in [1.807, 2.05) is 91.8 Å². The van der Waals surface area contributed by atoms with Crippen molar-refractivity contribution in [1.82, 2.24) is 30.9 Å². The van der Waals surface area contributed by atoms with Gasteiger partial charge in [-0.1, -0.05) is 140 Å². The molecule has 7 aliphatic rings. The molecule has 40 nitrogen and oxygen atoms in total. The first-order valence-corrected chi connectivity index (χ1v) is 52.1. The number of hydrogen-bond acceptors (Lipinski definition) is 34. The van der Waals surface area contributed by atoms with Crippen molar-refractivity contribution < 1.29 is 136 Å². The fraction of sp³-hybridized carbons (Fsp3) is 0.636. The molecule has 2 aromatic rings. The number of esters is 2. The second-order valence-corrected chi connectivity index (χ2v) is 46.7. The third-order valence-corrected chi connectivity index (χ3v) is 35.1. The molecular formula is C88H129Cl2N11O29S6. The molecule has 2 aromatic carbocycles. The van der Waals surface area contributed by atoms with Crippen LogP contribution >= 0.6 is 66.4 Å². The van der Waals surface area contributed by atoms with Crippen molar-refractivity contribution in [2.24, 2.45) is 29.4 Å². The zero-order valence-corrected chi connectivity index (χ0v) is 86.2. The van der Waals surface area contributed by atoms with Gasteiger partial charge < -0.3 is 72.5 Å². The SMILES string of the molecule is COC1/C=C/C=C(\C)Cc2cc(C)c(Cl)c(c2)N(C)C(=O)CC(OC(=O)[C@H](C)N(C)C(=O)CCC(C)(C)SSCCC(C(=O)NN)S(=O)(=O)O)[C@@]2(C)O[C@@H]2C(C)C2CC1(O)NC(=O)O2.COC1/C=C/C=C(\C)Cc2cc(C)c(Cl)c(c2)N(C)C(=O)CC(OC(=O)[C@H](C)N(C)C(=O)CCC(C)(C)SSCCC(C(=O)ON2C(=O)CCC2=O)S(=O)(=O)O)[C@@]2(C)O[C@@H]2C(C)C2CC1(O)NC(=O)O2.NN. The Bertz CT molecular complexity index is 5120. The molecule has 0 saturated carbocycles. The summed E-state index contributed by atoms with van der Waals surface area (Å²) in [6, 6.07) is 5.23. The van der Waals surface area contributed by atoms with Gasteiger partial charge in [-0.2, -0.15) is 16.8 Å². The van der Waals surface area contributed by atoms with Crippen LogP contribution in [0.5, 0.6) is 0 Å². The zero-order chi connectivity index (χ0) is 102. The molecule has 8 bridgehead atoms. The largest absolute Gasteiger partial charge is 0.457 e. The first kappa shape index (κ1) is 115. The van der Waals surface area contributed by atoms with Crippen molar-refractivity contribution in [2.75, 3.05) is 63.7 Å². The first-order chi connectivity index (χ1) is 63.2. The van der Waals surface area contributed by atoms with E-state index in [1.54, 1.807) is 71.5 Å². The second kappa shape index (κ2) is 48.2. The van der Waals surface area contributed by atoms with Gasteiger partial charge in [0, 0.05) is 114 Å². The van der Waals surface area contributed by atoms with Crippen molar-refractivity contribution in [2.45, 2.75) is 290 Å². The molecule has 7 aliphatic heterocycles.